The summed E-state index contributed by atoms with van der Waals surface area (Å²) < 4.78 is 0.476. The Bertz CT molecular complexity index is 343. The average molecular weight is 270 g/mol. The van der Waals surface area contributed by atoms with Gasteiger partial charge in [-0.15, -0.1) is 11.3 Å². The van der Waals surface area contributed by atoms with Gasteiger partial charge in [0.25, 0.3) is 0 Å². The number of hydrogen-bond acceptors (Lipinski definition) is 4. The van der Waals surface area contributed by atoms with Gasteiger partial charge in [0.2, 0.25) is 0 Å². The Morgan fingerprint density at radius 3 is 2.76 bits per heavy atom. The quantitative estimate of drug-likeness (QED) is 0.860. The minimum Gasteiger partial charge on any atom is -0.398 e. The van der Waals surface area contributed by atoms with E-state index in [1.807, 2.05) is 17.8 Å². The van der Waals surface area contributed by atoms with E-state index >= 15 is 0 Å². The zero-order chi connectivity index (χ0) is 12.1. The monoisotopic (exact) mass is 270 g/mol. The Labute approximate surface area is 112 Å². The fraction of sp³-hybridized carbons (Fsp3) is 0.692. The highest BCUT2D eigenvalue weighted by Gasteiger charge is 2.30. The number of hydrogen-bond donors (Lipinski definition) is 2. The molecule has 0 unspecified atom stereocenters. The Hall–Kier alpha value is -0.190. The largest absolute Gasteiger partial charge is 0.398 e. The van der Waals surface area contributed by atoms with E-state index in [1.54, 1.807) is 11.3 Å². The molecular formula is C13H22N2S2. The second kappa shape index (κ2) is 6.12. The highest BCUT2D eigenvalue weighted by molar-refractivity contribution is 8.00. The molecule has 1 fully saturated rings. The van der Waals surface area contributed by atoms with Crippen molar-refractivity contribution >= 4 is 28.8 Å². The van der Waals surface area contributed by atoms with Gasteiger partial charge < -0.3 is 11.1 Å². The van der Waals surface area contributed by atoms with Crippen LogP contribution in [-0.4, -0.2) is 17.5 Å². The third-order valence-electron chi connectivity index (χ3n) is 3.71. The number of thioether (sulfide) groups is 1. The molecule has 0 bridgehead atoms. The minimum atomic E-state index is 0.476. The Morgan fingerprint density at radius 1 is 1.41 bits per heavy atom. The molecule has 0 saturated heterocycles. The van der Waals surface area contributed by atoms with Crippen LogP contribution in [0.15, 0.2) is 11.4 Å². The summed E-state index contributed by atoms with van der Waals surface area (Å²) >= 11 is 3.79. The number of thiophene rings is 1. The molecule has 2 rings (SSSR count). The number of nitrogen functional groups attached to an aromatic ring is 1. The Morgan fingerprint density at radius 2 is 2.18 bits per heavy atom. The van der Waals surface area contributed by atoms with Gasteiger partial charge in [-0.1, -0.05) is 19.3 Å². The van der Waals surface area contributed by atoms with Crippen LogP contribution in [0.25, 0.3) is 0 Å². The van der Waals surface area contributed by atoms with Crippen molar-refractivity contribution in [3.63, 3.8) is 0 Å². The van der Waals surface area contributed by atoms with E-state index in [4.69, 9.17) is 5.73 Å². The topological polar surface area (TPSA) is 38.0 Å². The number of nitrogens with two attached hydrogens (primary N) is 1. The number of rotatable bonds is 5. The van der Waals surface area contributed by atoms with Gasteiger partial charge >= 0.3 is 0 Å². The lowest BCUT2D eigenvalue weighted by molar-refractivity contribution is 0.380. The van der Waals surface area contributed by atoms with Crippen LogP contribution in [0.5, 0.6) is 0 Å². The normalized spacial score (nSPS) is 19.4. The van der Waals surface area contributed by atoms with Crippen molar-refractivity contribution < 1.29 is 0 Å². The molecular weight excluding hydrogens is 248 g/mol. The first-order chi connectivity index (χ1) is 8.26. The van der Waals surface area contributed by atoms with E-state index in [-0.39, 0.29) is 0 Å². The van der Waals surface area contributed by atoms with Crippen molar-refractivity contribution in [3.8, 4) is 0 Å². The third kappa shape index (κ3) is 3.39. The van der Waals surface area contributed by atoms with Gasteiger partial charge in [0.05, 0.1) is 0 Å². The first-order valence-electron chi connectivity index (χ1n) is 6.33. The molecule has 4 heteroatoms. The molecule has 0 radical (unpaired) electrons. The van der Waals surface area contributed by atoms with Gasteiger partial charge in [-0.3, -0.25) is 0 Å². The zero-order valence-electron chi connectivity index (χ0n) is 10.5. The van der Waals surface area contributed by atoms with Gasteiger partial charge in [0.1, 0.15) is 0 Å². The van der Waals surface area contributed by atoms with E-state index in [1.165, 1.54) is 37.0 Å². The van der Waals surface area contributed by atoms with Crippen LogP contribution in [0.4, 0.5) is 5.69 Å². The summed E-state index contributed by atoms with van der Waals surface area (Å²) in [6.07, 6.45) is 9.18. The highest BCUT2D eigenvalue weighted by atomic mass is 32.2. The Balaban J connectivity index is 1.82. The van der Waals surface area contributed by atoms with Gasteiger partial charge in [-0.05, 0) is 30.5 Å². The van der Waals surface area contributed by atoms with Crippen LogP contribution in [0.1, 0.15) is 37.0 Å². The summed E-state index contributed by atoms with van der Waals surface area (Å²) in [5.41, 5.74) is 6.83. The molecule has 17 heavy (non-hydrogen) atoms. The summed E-state index contributed by atoms with van der Waals surface area (Å²) in [4.78, 5) is 1.28. The maximum Gasteiger partial charge on any atom is 0.0468 e. The summed E-state index contributed by atoms with van der Waals surface area (Å²) in [7, 11) is 0. The molecule has 1 aliphatic carbocycles. The van der Waals surface area contributed by atoms with Crippen molar-refractivity contribution in [1.29, 1.82) is 0 Å². The van der Waals surface area contributed by atoms with Crippen LogP contribution >= 0.6 is 23.1 Å². The van der Waals surface area contributed by atoms with Crippen molar-refractivity contribution in [3.05, 3.63) is 16.3 Å². The Kier molecular flexibility index (Phi) is 4.77. The summed E-state index contributed by atoms with van der Waals surface area (Å²) in [6, 6.07) is 1.99. The van der Waals surface area contributed by atoms with Crippen molar-refractivity contribution in [1.82, 2.24) is 5.32 Å². The predicted octanol–water partition coefficient (Wildman–Crippen LogP) is 3.49. The van der Waals surface area contributed by atoms with Crippen molar-refractivity contribution in [2.45, 2.75) is 43.4 Å². The lowest BCUT2D eigenvalue weighted by atomic mass is 9.88. The van der Waals surface area contributed by atoms with Crippen molar-refractivity contribution in [2.75, 3.05) is 18.5 Å². The van der Waals surface area contributed by atoms with Gasteiger partial charge in [0, 0.05) is 28.4 Å². The van der Waals surface area contributed by atoms with Crippen LogP contribution in [0.2, 0.25) is 0 Å². The molecule has 3 N–H and O–H groups in total. The first kappa shape index (κ1) is 13.2. The fourth-order valence-electron chi connectivity index (χ4n) is 2.55. The molecule has 1 heterocycles. The smallest absolute Gasteiger partial charge is 0.0468 e. The van der Waals surface area contributed by atoms with E-state index in [0.29, 0.717) is 4.75 Å². The van der Waals surface area contributed by atoms with Crippen LogP contribution in [0, 0.1) is 0 Å². The average Bonchev–Trinajstić information content (AvgIpc) is 2.76. The van der Waals surface area contributed by atoms with E-state index in [2.05, 4.69) is 17.0 Å². The van der Waals surface area contributed by atoms with Gasteiger partial charge in [-0.2, -0.15) is 11.8 Å². The van der Waals surface area contributed by atoms with E-state index in [9.17, 15) is 0 Å². The maximum atomic E-state index is 5.89. The fourth-order valence-corrected chi connectivity index (χ4v) is 4.26. The molecule has 0 aliphatic heterocycles. The van der Waals surface area contributed by atoms with Gasteiger partial charge in [0.15, 0.2) is 0 Å². The summed E-state index contributed by atoms with van der Waals surface area (Å²) in [5, 5.41) is 5.67. The summed E-state index contributed by atoms with van der Waals surface area (Å²) in [5.74, 6) is 0. The van der Waals surface area contributed by atoms with Crippen LogP contribution < -0.4 is 11.1 Å². The van der Waals surface area contributed by atoms with Crippen LogP contribution in [-0.2, 0) is 6.54 Å². The van der Waals surface area contributed by atoms with Gasteiger partial charge in [-0.25, -0.2) is 0 Å². The zero-order valence-corrected chi connectivity index (χ0v) is 12.1. The molecule has 1 aromatic rings. The van der Waals surface area contributed by atoms with E-state index in [0.717, 1.165) is 18.8 Å². The maximum absolute atomic E-state index is 5.89. The standard InChI is InChI=1S/C13H22N2S2/c1-16-13(6-3-2-4-7-13)10-15-9-12-11(14)5-8-17-12/h5,8,15H,2-4,6-7,9-10,14H2,1H3. The SMILES string of the molecule is CSC1(CNCc2sccc2N)CCCCC1. The second-order valence-corrected chi connectivity index (χ2v) is 7.13. The first-order valence-corrected chi connectivity index (χ1v) is 8.44. The molecule has 0 spiro atoms. The molecule has 2 nitrogen and oxygen atoms in total. The second-order valence-electron chi connectivity index (χ2n) is 4.85. The minimum absolute atomic E-state index is 0.476. The summed E-state index contributed by atoms with van der Waals surface area (Å²) in [6.45, 7) is 2.04. The molecule has 0 amide bonds. The lowest BCUT2D eigenvalue weighted by Crippen LogP contribution is -2.39. The third-order valence-corrected chi connectivity index (χ3v) is 6.07. The highest BCUT2D eigenvalue weighted by Crippen LogP contribution is 2.38. The molecule has 96 valence electrons. The lowest BCUT2D eigenvalue weighted by Gasteiger charge is -2.36. The van der Waals surface area contributed by atoms with Crippen LogP contribution in [0.3, 0.4) is 0 Å². The molecule has 0 atom stereocenters. The number of anilines is 1. The van der Waals surface area contributed by atoms with E-state index < -0.39 is 0 Å². The molecule has 1 aromatic heterocycles. The predicted molar refractivity (Wildman–Crippen MR) is 79.8 cm³/mol. The molecule has 1 aliphatic rings. The number of nitrogens with one attached hydrogen (secondary N) is 1. The molecule has 1 saturated carbocycles. The molecule has 0 aromatic carbocycles. The van der Waals surface area contributed by atoms with Crippen molar-refractivity contribution in [2.24, 2.45) is 0 Å².